The minimum atomic E-state index is -4.92. The lowest BCUT2D eigenvalue weighted by atomic mass is 10.3. The van der Waals surface area contributed by atoms with Crippen molar-refractivity contribution in [2.24, 2.45) is 0 Å². The number of hydrogen-bond donors (Lipinski definition) is 1. The monoisotopic (exact) mass is 224 g/mol. The molecule has 0 unspecified atom stereocenters. The maximum absolute atomic E-state index is 11.8. The Hall–Kier alpha value is -0.910. The van der Waals surface area contributed by atoms with Gasteiger partial charge in [-0.3, -0.25) is 4.79 Å². The number of thioether (sulfide) groups is 1. The van der Waals surface area contributed by atoms with Gasteiger partial charge in [-0.1, -0.05) is 6.08 Å². The summed E-state index contributed by atoms with van der Waals surface area (Å²) in [5.74, 6) is -1.92. The maximum atomic E-state index is 11.8. The van der Waals surface area contributed by atoms with E-state index in [-0.39, 0.29) is 6.08 Å². The molecule has 2 nitrogen and oxygen atoms in total. The van der Waals surface area contributed by atoms with Crippen molar-refractivity contribution in [2.45, 2.75) is 12.6 Å². The Balaban J connectivity index is 2.73. The number of rotatable bonds is 2. The van der Waals surface area contributed by atoms with E-state index < -0.39 is 17.7 Å². The summed E-state index contributed by atoms with van der Waals surface area (Å²) in [7, 11) is 0. The molecule has 1 aliphatic rings. The van der Waals surface area contributed by atoms with E-state index in [9.17, 15) is 18.0 Å². The van der Waals surface area contributed by atoms with Gasteiger partial charge in [0.05, 0.1) is 0 Å². The lowest BCUT2D eigenvalue weighted by molar-refractivity contribution is -0.165. The third kappa shape index (κ3) is 2.80. The summed E-state index contributed by atoms with van der Waals surface area (Å²) in [6.07, 6.45) is -2.42. The standard InChI is InChI=1S/C8H7F3O2S/c9-8(10,11)7(13)4-5(12)6-2-1-3-14-6/h2,4,12H,1,3H2. The summed E-state index contributed by atoms with van der Waals surface area (Å²) in [5, 5.41) is 9.13. The molecule has 0 atom stereocenters. The van der Waals surface area contributed by atoms with E-state index in [1.54, 1.807) is 6.08 Å². The lowest BCUT2D eigenvalue weighted by Gasteiger charge is -2.02. The van der Waals surface area contributed by atoms with Gasteiger partial charge in [0.2, 0.25) is 0 Å². The Kier molecular flexibility index (Phi) is 3.25. The second-order valence-corrected chi connectivity index (χ2v) is 3.73. The van der Waals surface area contributed by atoms with Crippen LogP contribution in [0.25, 0.3) is 0 Å². The van der Waals surface area contributed by atoms with E-state index in [4.69, 9.17) is 5.11 Å². The van der Waals surface area contributed by atoms with E-state index >= 15 is 0 Å². The van der Waals surface area contributed by atoms with Gasteiger partial charge >= 0.3 is 6.18 Å². The van der Waals surface area contributed by atoms with Crippen molar-refractivity contribution in [3.05, 3.63) is 22.8 Å². The average molecular weight is 224 g/mol. The van der Waals surface area contributed by atoms with Crippen LogP contribution in [0, 0.1) is 0 Å². The van der Waals surface area contributed by atoms with Crippen molar-refractivity contribution in [3.63, 3.8) is 0 Å². The summed E-state index contributed by atoms with van der Waals surface area (Å²) in [6, 6.07) is 0. The molecule has 1 heterocycles. The highest BCUT2D eigenvalue weighted by Gasteiger charge is 2.37. The van der Waals surface area contributed by atoms with E-state index in [0.717, 1.165) is 0 Å². The molecule has 0 spiro atoms. The second-order valence-electron chi connectivity index (χ2n) is 2.60. The highest BCUT2D eigenvalue weighted by molar-refractivity contribution is 8.03. The number of ketones is 1. The lowest BCUT2D eigenvalue weighted by Crippen LogP contribution is -2.20. The zero-order valence-corrected chi connectivity index (χ0v) is 7.78. The largest absolute Gasteiger partial charge is 0.507 e. The van der Waals surface area contributed by atoms with Crippen molar-refractivity contribution in [1.29, 1.82) is 0 Å². The molecule has 0 aromatic carbocycles. The predicted molar refractivity (Wildman–Crippen MR) is 46.9 cm³/mol. The van der Waals surface area contributed by atoms with Gasteiger partial charge in [-0.05, 0) is 6.42 Å². The van der Waals surface area contributed by atoms with Gasteiger partial charge in [0.1, 0.15) is 5.76 Å². The molecule has 1 rings (SSSR count). The minimum absolute atomic E-state index is 0.212. The van der Waals surface area contributed by atoms with Crippen molar-refractivity contribution >= 4 is 17.5 Å². The molecule has 0 saturated heterocycles. The van der Waals surface area contributed by atoms with Gasteiger partial charge in [-0.2, -0.15) is 13.2 Å². The Morgan fingerprint density at radius 2 is 2.21 bits per heavy atom. The third-order valence-corrected chi connectivity index (χ3v) is 2.63. The zero-order chi connectivity index (χ0) is 10.8. The number of carbonyl (C=O) groups excluding carboxylic acids is 1. The quantitative estimate of drug-likeness (QED) is 0.578. The van der Waals surface area contributed by atoms with Crippen LogP contribution < -0.4 is 0 Å². The number of halogens is 3. The molecule has 1 aliphatic heterocycles. The Labute approximate surface area is 82.5 Å². The summed E-state index contributed by atoms with van der Waals surface area (Å²) < 4.78 is 35.3. The maximum Gasteiger partial charge on any atom is 0.454 e. The van der Waals surface area contributed by atoms with Gasteiger partial charge in [-0.25, -0.2) is 0 Å². The summed E-state index contributed by atoms with van der Waals surface area (Å²) in [6.45, 7) is 0. The molecule has 78 valence electrons. The molecule has 0 amide bonds. The molecule has 0 aromatic rings. The summed E-state index contributed by atoms with van der Waals surface area (Å²) in [5.41, 5.74) is 0. The molecule has 0 bridgehead atoms. The van der Waals surface area contributed by atoms with Crippen LogP contribution in [0.4, 0.5) is 13.2 Å². The number of hydrogen-bond acceptors (Lipinski definition) is 3. The van der Waals surface area contributed by atoms with Crippen LogP contribution >= 0.6 is 11.8 Å². The first-order chi connectivity index (χ1) is 6.41. The van der Waals surface area contributed by atoms with E-state index in [0.29, 0.717) is 17.1 Å². The fourth-order valence-corrected chi connectivity index (χ4v) is 1.77. The average Bonchev–Trinajstić information content (AvgIpc) is 2.53. The van der Waals surface area contributed by atoms with Crippen molar-refractivity contribution in [3.8, 4) is 0 Å². The van der Waals surface area contributed by atoms with Crippen LogP contribution in [-0.2, 0) is 4.79 Å². The molecule has 0 aromatic heterocycles. The SMILES string of the molecule is O=C(C=C(O)C1=CCCS1)C(F)(F)F. The van der Waals surface area contributed by atoms with Gasteiger partial charge in [0.15, 0.2) is 0 Å². The zero-order valence-electron chi connectivity index (χ0n) is 6.97. The van der Waals surface area contributed by atoms with E-state index in [2.05, 4.69) is 0 Å². The first kappa shape index (κ1) is 11.2. The highest BCUT2D eigenvalue weighted by Crippen LogP contribution is 2.30. The molecule has 1 N–H and O–H groups in total. The number of carbonyl (C=O) groups is 1. The summed E-state index contributed by atoms with van der Waals surface area (Å²) >= 11 is 1.23. The van der Waals surface area contributed by atoms with E-state index in [1.165, 1.54) is 11.8 Å². The van der Waals surface area contributed by atoms with Crippen LogP contribution in [0.3, 0.4) is 0 Å². The van der Waals surface area contributed by atoms with Crippen molar-refractivity contribution in [1.82, 2.24) is 0 Å². The molecule has 0 fully saturated rings. The van der Waals surface area contributed by atoms with Crippen LogP contribution in [0.1, 0.15) is 6.42 Å². The van der Waals surface area contributed by atoms with Gasteiger partial charge in [0.25, 0.3) is 5.78 Å². The van der Waals surface area contributed by atoms with Gasteiger partial charge in [-0.15, -0.1) is 11.8 Å². The Bertz CT molecular complexity index is 304. The summed E-state index contributed by atoms with van der Waals surface area (Å²) in [4.78, 5) is 10.8. The van der Waals surface area contributed by atoms with Gasteiger partial charge < -0.3 is 5.11 Å². The highest BCUT2D eigenvalue weighted by atomic mass is 32.2. The van der Waals surface area contributed by atoms with Crippen molar-refractivity contribution in [2.75, 3.05) is 5.75 Å². The molecule has 0 saturated carbocycles. The van der Waals surface area contributed by atoms with Crippen LogP contribution in [-0.4, -0.2) is 22.8 Å². The minimum Gasteiger partial charge on any atom is -0.507 e. The number of alkyl halides is 3. The first-order valence-corrected chi connectivity index (χ1v) is 4.75. The van der Waals surface area contributed by atoms with E-state index in [1.807, 2.05) is 0 Å². The van der Waals surface area contributed by atoms with Gasteiger partial charge in [0, 0.05) is 16.7 Å². The molecular formula is C8H7F3O2S. The predicted octanol–water partition coefficient (Wildman–Crippen LogP) is 2.58. The molecular weight excluding hydrogens is 217 g/mol. The second kappa shape index (κ2) is 4.08. The molecule has 0 radical (unpaired) electrons. The molecule has 0 aliphatic carbocycles. The van der Waals surface area contributed by atoms with Crippen LogP contribution in [0.5, 0.6) is 0 Å². The number of aliphatic hydroxyl groups is 1. The normalized spacial score (nSPS) is 18.2. The Morgan fingerprint density at radius 3 is 2.64 bits per heavy atom. The molecule has 14 heavy (non-hydrogen) atoms. The van der Waals surface area contributed by atoms with Crippen molar-refractivity contribution < 1.29 is 23.1 Å². The number of allylic oxidation sites excluding steroid dienone is 2. The fraction of sp³-hybridized carbons (Fsp3) is 0.375. The fourth-order valence-electron chi connectivity index (χ4n) is 0.873. The number of aliphatic hydroxyl groups excluding tert-OH is 1. The topological polar surface area (TPSA) is 37.3 Å². The van der Waals surface area contributed by atoms with Crippen LogP contribution in [0.2, 0.25) is 0 Å². The first-order valence-electron chi connectivity index (χ1n) is 3.76. The third-order valence-electron chi connectivity index (χ3n) is 1.50. The Morgan fingerprint density at radius 1 is 1.57 bits per heavy atom. The smallest absolute Gasteiger partial charge is 0.454 e. The van der Waals surface area contributed by atoms with Crippen LogP contribution in [0.15, 0.2) is 22.8 Å². The molecule has 6 heteroatoms.